The van der Waals surface area contributed by atoms with Crippen LogP contribution in [0.4, 0.5) is 5.95 Å². The molecule has 1 aromatic rings. The van der Waals surface area contributed by atoms with Gasteiger partial charge in [-0.15, -0.1) is 0 Å². The lowest BCUT2D eigenvalue weighted by Gasteiger charge is -2.08. The summed E-state index contributed by atoms with van der Waals surface area (Å²) in [6.07, 6.45) is 3.35. The van der Waals surface area contributed by atoms with Crippen molar-refractivity contribution >= 4 is 17.5 Å². The van der Waals surface area contributed by atoms with Crippen molar-refractivity contribution in [1.29, 1.82) is 0 Å². The number of hydrogen-bond acceptors (Lipinski definition) is 5. The van der Waals surface area contributed by atoms with Crippen LogP contribution in [0.1, 0.15) is 19.8 Å². The second kappa shape index (κ2) is 8.08. The lowest BCUT2D eigenvalue weighted by molar-refractivity contribution is 0.170. The van der Waals surface area contributed by atoms with Crippen LogP contribution in [0.15, 0.2) is 6.20 Å². The highest BCUT2D eigenvalue weighted by Crippen LogP contribution is 2.21. The average molecular weight is 260 g/mol. The van der Waals surface area contributed by atoms with E-state index in [1.54, 1.807) is 7.11 Å². The van der Waals surface area contributed by atoms with Crippen LogP contribution in [0, 0.1) is 0 Å². The molecule has 5 nitrogen and oxygen atoms in total. The lowest BCUT2D eigenvalue weighted by Crippen LogP contribution is -2.07. The molecule has 0 aromatic carbocycles. The fourth-order valence-corrected chi connectivity index (χ4v) is 1.29. The number of ether oxygens (including phenoxy) is 2. The van der Waals surface area contributed by atoms with Crippen LogP contribution in [0.5, 0.6) is 5.88 Å². The summed E-state index contributed by atoms with van der Waals surface area (Å²) in [6.45, 7) is 4.08. The third-order valence-corrected chi connectivity index (χ3v) is 2.24. The summed E-state index contributed by atoms with van der Waals surface area (Å²) in [6, 6.07) is 0. The zero-order valence-electron chi connectivity index (χ0n) is 10.2. The molecule has 0 aliphatic carbocycles. The monoisotopic (exact) mass is 259 g/mol. The number of aromatic nitrogens is 2. The molecule has 0 aliphatic heterocycles. The number of methoxy groups -OCH3 is 1. The molecular formula is C11H18ClN3O2. The Kier molecular flexibility index (Phi) is 6.65. The predicted octanol–water partition coefficient (Wildman–Crippen LogP) is 2.37. The van der Waals surface area contributed by atoms with Gasteiger partial charge in [-0.2, -0.15) is 4.98 Å². The second-order valence-electron chi connectivity index (χ2n) is 3.47. The summed E-state index contributed by atoms with van der Waals surface area (Å²) in [5, 5.41) is 3.50. The largest absolute Gasteiger partial charge is 0.476 e. The van der Waals surface area contributed by atoms with Crippen LogP contribution in [-0.2, 0) is 4.74 Å². The third kappa shape index (κ3) is 5.19. The van der Waals surface area contributed by atoms with Gasteiger partial charge in [0.05, 0.1) is 12.8 Å². The Labute approximate surface area is 107 Å². The van der Waals surface area contributed by atoms with E-state index in [1.807, 2.05) is 0 Å². The van der Waals surface area contributed by atoms with Gasteiger partial charge in [-0.05, 0) is 6.42 Å². The number of nitrogens with one attached hydrogen (secondary N) is 1. The predicted molar refractivity (Wildman–Crippen MR) is 67.8 cm³/mol. The minimum absolute atomic E-state index is 0.413. The molecule has 6 heteroatoms. The van der Waals surface area contributed by atoms with E-state index in [2.05, 4.69) is 22.2 Å². The number of hydrogen-bond donors (Lipinski definition) is 1. The molecule has 0 radical (unpaired) electrons. The van der Waals surface area contributed by atoms with Crippen molar-refractivity contribution in [3.8, 4) is 5.88 Å². The first-order valence-electron chi connectivity index (χ1n) is 5.66. The Hall–Kier alpha value is -1.07. The molecule has 0 spiro atoms. The molecule has 0 saturated heterocycles. The minimum Gasteiger partial charge on any atom is -0.476 e. The molecule has 0 fully saturated rings. The Morgan fingerprint density at radius 3 is 2.94 bits per heavy atom. The van der Waals surface area contributed by atoms with Crippen molar-refractivity contribution in [3.05, 3.63) is 11.2 Å². The summed E-state index contributed by atoms with van der Waals surface area (Å²) < 4.78 is 10.4. The topological polar surface area (TPSA) is 56.3 Å². The minimum atomic E-state index is 0.413. The van der Waals surface area contributed by atoms with Gasteiger partial charge in [-0.25, -0.2) is 4.98 Å². The maximum absolute atomic E-state index is 5.93. The highest BCUT2D eigenvalue weighted by atomic mass is 35.5. The van der Waals surface area contributed by atoms with Crippen molar-refractivity contribution in [2.45, 2.75) is 19.8 Å². The van der Waals surface area contributed by atoms with Gasteiger partial charge in [0.15, 0.2) is 0 Å². The van der Waals surface area contributed by atoms with Crippen molar-refractivity contribution in [2.24, 2.45) is 0 Å². The molecule has 17 heavy (non-hydrogen) atoms. The second-order valence-corrected chi connectivity index (χ2v) is 3.88. The summed E-state index contributed by atoms with van der Waals surface area (Å²) in [5.41, 5.74) is 0. The zero-order valence-corrected chi connectivity index (χ0v) is 11.0. The molecule has 1 heterocycles. The van der Waals surface area contributed by atoms with Crippen LogP contribution in [0.25, 0.3) is 0 Å². The highest BCUT2D eigenvalue weighted by Gasteiger charge is 2.06. The van der Waals surface area contributed by atoms with E-state index >= 15 is 0 Å². The molecule has 96 valence electrons. The molecule has 0 atom stereocenters. The first kappa shape index (κ1) is 14.0. The van der Waals surface area contributed by atoms with Gasteiger partial charge in [0, 0.05) is 26.7 Å². The molecule has 0 bridgehead atoms. The van der Waals surface area contributed by atoms with Crippen LogP contribution < -0.4 is 10.1 Å². The van der Waals surface area contributed by atoms with E-state index in [-0.39, 0.29) is 0 Å². The van der Waals surface area contributed by atoms with E-state index in [0.29, 0.717) is 30.1 Å². The van der Waals surface area contributed by atoms with E-state index in [9.17, 15) is 0 Å². The van der Waals surface area contributed by atoms with Crippen molar-refractivity contribution < 1.29 is 9.47 Å². The summed E-state index contributed by atoms with van der Waals surface area (Å²) >= 11 is 5.93. The average Bonchev–Trinajstić information content (AvgIpc) is 2.35. The summed E-state index contributed by atoms with van der Waals surface area (Å²) in [5.74, 6) is 0.953. The molecular weight excluding hydrogens is 242 g/mol. The quantitative estimate of drug-likeness (QED) is 0.727. The van der Waals surface area contributed by atoms with Crippen molar-refractivity contribution in [1.82, 2.24) is 9.97 Å². The smallest absolute Gasteiger partial charge is 0.237 e. The maximum Gasteiger partial charge on any atom is 0.237 e. The molecule has 1 N–H and O–H groups in total. The molecule has 0 amide bonds. The Morgan fingerprint density at radius 2 is 2.24 bits per heavy atom. The van der Waals surface area contributed by atoms with Gasteiger partial charge in [-0.3, -0.25) is 0 Å². The normalized spacial score (nSPS) is 10.3. The van der Waals surface area contributed by atoms with Gasteiger partial charge in [-0.1, -0.05) is 18.5 Å². The standard InChI is InChI=1S/C11H18ClN3O2/c1-3-5-13-11-14-8-9(12)10(15-11)17-7-4-6-16-2/h8H,3-7H2,1-2H3,(H,13,14,15). The maximum atomic E-state index is 5.93. The number of anilines is 1. The third-order valence-electron chi connectivity index (χ3n) is 1.98. The van der Waals surface area contributed by atoms with Crippen molar-refractivity contribution in [2.75, 3.05) is 32.2 Å². The highest BCUT2D eigenvalue weighted by molar-refractivity contribution is 6.31. The van der Waals surface area contributed by atoms with E-state index < -0.39 is 0 Å². The zero-order chi connectivity index (χ0) is 12.5. The lowest BCUT2D eigenvalue weighted by atomic mass is 10.5. The fourth-order valence-electron chi connectivity index (χ4n) is 1.15. The molecule has 0 aliphatic rings. The summed E-state index contributed by atoms with van der Waals surface area (Å²) in [7, 11) is 1.66. The fraction of sp³-hybridized carbons (Fsp3) is 0.636. The first-order chi connectivity index (χ1) is 8.27. The van der Waals surface area contributed by atoms with E-state index in [0.717, 1.165) is 19.4 Å². The van der Waals surface area contributed by atoms with Crippen molar-refractivity contribution in [3.63, 3.8) is 0 Å². The Morgan fingerprint density at radius 1 is 1.41 bits per heavy atom. The van der Waals surface area contributed by atoms with Gasteiger partial charge in [0.25, 0.3) is 0 Å². The molecule has 0 saturated carbocycles. The summed E-state index contributed by atoms with van der Waals surface area (Å²) in [4.78, 5) is 8.25. The molecule has 0 unspecified atom stereocenters. The van der Waals surface area contributed by atoms with Crippen LogP contribution in [-0.4, -0.2) is 36.8 Å². The van der Waals surface area contributed by atoms with Gasteiger partial charge in [0.1, 0.15) is 5.02 Å². The van der Waals surface area contributed by atoms with Crippen LogP contribution in [0.3, 0.4) is 0 Å². The van der Waals surface area contributed by atoms with Crippen LogP contribution >= 0.6 is 11.6 Å². The van der Waals surface area contributed by atoms with Crippen LogP contribution in [0.2, 0.25) is 5.02 Å². The Bertz CT molecular complexity index is 336. The Balaban J connectivity index is 2.50. The van der Waals surface area contributed by atoms with E-state index in [1.165, 1.54) is 6.20 Å². The van der Waals surface area contributed by atoms with Gasteiger partial charge >= 0.3 is 0 Å². The molecule has 1 aromatic heterocycles. The number of halogens is 1. The SMILES string of the molecule is CCCNc1ncc(Cl)c(OCCCOC)n1. The van der Waals surface area contributed by atoms with Gasteiger partial charge in [0.2, 0.25) is 11.8 Å². The van der Waals surface area contributed by atoms with Gasteiger partial charge < -0.3 is 14.8 Å². The first-order valence-corrected chi connectivity index (χ1v) is 6.04. The molecule has 1 rings (SSSR count). The van der Waals surface area contributed by atoms with E-state index in [4.69, 9.17) is 21.1 Å². The number of rotatable bonds is 8. The number of nitrogens with zero attached hydrogens (tertiary/aromatic N) is 2.